The van der Waals surface area contributed by atoms with Gasteiger partial charge >= 0.3 is 0 Å². The number of hydrogen-bond donors (Lipinski definition) is 3. The van der Waals surface area contributed by atoms with Gasteiger partial charge in [-0.05, 0) is 29.8 Å². The third kappa shape index (κ3) is 5.32. The largest absolute Gasteiger partial charge is 0.349 e. The number of anilines is 1. The summed E-state index contributed by atoms with van der Waals surface area (Å²) in [5.74, 6) is -4.14. The van der Waals surface area contributed by atoms with Crippen LogP contribution in [0.5, 0.6) is 0 Å². The Labute approximate surface area is 176 Å². The van der Waals surface area contributed by atoms with E-state index in [0.717, 1.165) is 12.1 Å². The highest BCUT2D eigenvalue weighted by molar-refractivity contribution is 7.89. The average Bonchev–Trinajstić information content (AvgIpc) is 2.61. The molecule has 0 atom stereocenters. The van der Waals surface area contributed by atoms with Crippen molar-refractivity contribution in [1.82, 2.24) is 5.32 Å². The van der Waals surface area contributed by atoms with Gasteiger partial charge in [0.05, 0.1) is 16.9 Å². The van der Waals surface area contributed by atoms with Gasteiger partial charge in [-0.25, -0.2) is 22.3 Å². The van der Waals surface area contributed by atoms with Crippen molar-refractivity contribution in [2.24, 2.45) is 5.14 Å². The third-order valence-electron chi connectivity index (χ3n) is 4.55. The maximum absolute atomic E-state index is 12.9. The van der Waals surface area contributed by atoms with Crippen molar-refractivity contribution in [3.05, 3.63) is 58.6 Å². The SMILES string of the molecule is NS(=O)(=O)c1cc(NC(=O)Cc2ccccc2Cl)ccc1C(=O)NC1CC(F)(F)C1. The van der Waals surface area contributed by atoms with Gasteiger partial charge in [0.1, 0.15) is 0 Å². The highest BCUT2D eigenvalue weighted by atomic mass is 35.5. The van der Waals surface area contributed by atoms with Crippen molar-refractivity contribution in [2.75, 3.05) is 5.32 Å². The van der Waals surface area contributed by atoms with Crippen LogP contribution in [-0.4, -0.2) is 32.2 Å². The van der Waals surface area contributed by atoms with Crippen LogP contribution in [0.1, 0.15) is 28.8 Å². The van der Waals surface area contributed by atoms with Gasteiger partial charge in [0.25, 0.3) is 11.8 Å². The molecule has 1 aliphatic carbocycles. The number of nitrogens with two attached hydrogens (primary N) is 1. The molecule has 3 rings (SSSR count). The molecule has 7 nitrogen and oxygen atoms in total. The monoisotopic (exact) mass is 457 g/mol. The lowest BCUT2D eigenvalue weighted by atomic mass is 9.88. The number of primary sulfonamides is 1. The molecule has 11 heteroatoms. The predicted molar refractivity (Wildman–Crippen MR) is 107 cm³/mol. The van der Waals surface area contributed by atoms with Gasteiger partial charge in [-0.3, -0.25) is 9.59 Å². The summed E-state index contributed by atoms with van der Waals surface area (Å²) in [4.78, 5) is 24.1. The van der Waals surface area contributed by atoms with Gasteiger partial charge < -0.3 is 10.6 Å². The molecule has 0 aromatic heterocycles. The molecule has 2 aromatic carbocycles. The first-order valence-electron chi connectivity index (χ1n) is 8.83. The van der Waals surface area contributed by atoms with Crippen LogP contribution < -0.4 is 15.8 Å². The summed E-state index contributed by atoms with van der Waals surface area (Å²) in [6.45, 7) is 0. The standard InChI is InChI=1S/C19H18ClF2N3O4S/c20-15-4-2-1-3-11(15)7-17(26)24-12-5-6-14(16(8-12)30(23,28)29)18(27)25-13-9-19(21,22)10-13/h1-6,8,13H,7,9-10H2,(H,24,26)(H,25,27)(H2,23,28,29). The molecule has 0 radical (unpaired) electrons. The lowest BCUT2D eigenvalue weighted by Gasteiger charge is -2.35. The predicted octanol–water partition coefficient (Wildman–Crippen LogP) is 2.70. The Balaban J connectivity index is 1.76. The molecular formula is C19H18ClF2N3O4S. The Morgan fingerprint density at radius 1 is 1.17 bits per heavy atom. The van der Waals surface area contributed by atoms with E-state index in [0.29, 0.717) is 10.6 Å². The Kier molecular flexibility index (Phi) is 6.11. The van der Waals surface area contributed by atoms with E-state index in [1.807, 2.05) is 0 Å². The number of halogens is 3. The van der Waals surface area contributed by atoms with Crippen LogP contribution in [0.2, 0.25) is 5.02 Å². The summed E-state index contributed by atoms with van der Waals surface area (Å²) in [6, 6.07) is 9.53. The first kappa shape index (κ1) is 22.1. The van der Waals surface area contributed by atoms with Crippen molar-refractivity contribution in [2.45, 2.75) is 36.1 Å². The lowest BCUT2D eigenvalue weighted by molar-refractivity contribution is -0.115. The first-order chi connectivity index (χ1) is 13.9. The maximum Gasteiger partial charge on any atom is 0.252 e. The molecule has 2 amide bonds. The number of hydrogen-bond acceptors (Lipinski definition) is 4. The summed E-state index contributed by atoms with van der Waals surface area (Å²) >= 11 is 6.02. The smallest absolute Gasteiger partial charge is 0.252 e. The summed E-state index contributed by atoms with van der Waals surface area (Å²) in [7, 11) is -4.33. The molecule has 1 fully saturated rings. The minimum atomic E-state index is -4.33. The second-order valence-corrected chi connectivity index (χ2v) is 8.94. The molecule has 0 spiro atoms. The highest BCUT2D eigenvalue weighted by Crippen LogP contribution is 2.37. The Hall–Kier alpha value is -2.56. The molecule has 1 aliphatic rings. The summed E-state index contributed by atoms with van der Waals surface area (Å²) in [5.41, 5.74) is 0.385. The van der Waals surface area contributed by atoms with Gasteiger partial charge in [0.15, 0.2) is 0 Å². The molecule has 30 heavy (non-hydrogen) atoms. The minimum absolute atomic E-state index is 0.0531. The zero-order valence-corrected chi connectivity index (χ0v) is 17.1. The molecule has 0 heterocycles. The number of benzene rings is 2. The molecule has 0 bridgehead atoms. The van der Waals surface area contributed by atoms with Gasteiger partial charge in [-0.15, -0.1) is 0 Å². The topological polar surface area (TPSA) is 118 Å². The van der Waals surface area contributed by atoms with Crippen molar-refractivity contribution < 1.29 is 26.8 Å². The van der Waals surface area contributed by atoms with Crippen molar-refractivity contribution >= 4 is 39.1 Å². The average molecular weight is 458 g/mol. The molecular weight excluding hydrogens is 440 g/mol. The van der Waals surface area contributed by atoms with Crippen molar-refractivity contribution in [1.29, 1.82) is 0 Å². The molecule has 0 saturated heterocycles. The number of amides is 2. The number of carbonyl (C=O) groups excluding carboxylic acids is 2. The van der Waals surface area contributed by atoms with E-state index in [2.05, 4.69) is 10.6 Å². The van der Waals surface area contributed by atoms with Gasteiger partial charge in [-0.1, -0.05) is 29.8 Å². The number of carbonyl (C=O) groups is 2. The van der Waals surface area contributed by atoms with E-state index >= 15 is 0 Å². The second-order valence-electron chi connectivity index (χ2n) is 7.01. The van der Waals surface area contributed by atoms with Crippen LogP contribution in [0.3, 0.4) is 0 Å². The van der Waals surface area contributed by atoms with E-state index < -0.39 is 51.5 Å². The second kappa shape index (κ2) is 8.29. The zero-order valence-electron chi connectivity index (χ0n) is 15.5. The molecule has 4 N–H and O–H groups in total. The van der Waals surface area contributed by atoms with Crippen molar-refractivity contribution in [3.8, 4) is 0 Å². The van der Waals surface area contributed by atoms with Crippen LogP contribution in [0.4, 0.5) is 14.5 Å². The van der Waals surface area contributed by atoms with Gasteiger partial charge in [0, 0.05) is 29.6 Å². The molecule has 2 aromatic rings. The number of alkyl halides is 2. The number of rotatable bonds is 6. The summed E-state index contributed by atoms with van der Waals surface area (Å²) in [5, 5.41) is 10.5. The van der Waals surface area contributed by atoms with E-state index in [1.54, 1.807) is 24.3 Å². The quantitative estimate of drug-likeness (QED) is 0.618. The van der Waals surface area contributed by atoms with E-state index in [1.165, 1.54) is 6.07 Å². The molecule has 0 aliphatic heterocycles. The normalized spacial score (nSPS) is 15.9. The summed E-state index contributed by atoms with van der Waals surface area (Å²) in [6.07, 6.45) is -1.08. The fourth-order valence-corrected chi connectivity index (χ4v) is 4.03. The van der Waals surface area contributed by atoms with Gasteiger partial charge in [-0.2, -0.15) is 0 Å². The number of sulfonamides is 1. The van der Waals surface area contributed by atoms with Crippen LogP contribution in [0, 0.1) is 0 Å². The van der Waals surface area contributed by atoms with Crippen molar-refractivity contribution in [3.63, 3.8) is 0 Å². The summed E-state index contributed by atoms with van der Waals surface area (Å²) < 4.78 is 49.8. The fourth-order valence-electron chi connectivity index (χ4n) is 3.07. The number of nitrogens with one attached hydrogen (secondary N) is 2. The zero-order chi connectivity index (χ0) is 22.1. The van der Waals surface area contributed by atoms with Crippen LogP contribution >= 0.6 is 11.6 Å². The van der Waals surface area contributed by atoms with E-state index in [4.69, 9.17) is 16.7 Å². The van der Waals surface area contributed by atoms with Crippen LogP contribution in [0.25, 0.3) is 0 Å². The Morgan fingerprint density at radius 3 is 2.43 bits per heavy atom. The fraction of sp³-hybridized carbons (Fsp3) is 0.263. The maximum atomic E-state index is 12.9. The van der Waals surface area contributed by atoms with E-state index in [9.17, 15) is 26.8 Å². The molecule has 160 valence electrons. The molecule has 1 saturated carbocycles. The van der Waals surface area contributed by atoms with Gasteiger partial charge in [0.2, 0.25) is 15.9 Å². The Morgan fingerprint density at radius 2 is 1.83 bits per heavy atom. The molecule has 0 unspecified atom stereocenters. The third-order valence-corrected chi connectivity index (χ3v) is 5.87. The van der Waals surface area contributed by atoms with Crippen LogP contribution in [0.15, 0.2) is 47.4 Å². The highest BCUT2D eigenvalue weighted by Gasteiger charge is 2.46. The van der Waals surface area contributed by atoms with E-state index in [-0.39, 0.29) is 17.7 Å². The first-order valence-corrected chi connectivity index (χ1v) is 10.8. The van der Waals surface area contributed by atoms with Crippen LogP contribution in [-0.2, 0) is 21.2 Å². The Bertz CT molecular complexity index is 1100. The lowest BCUT2D eigenvalue weighted by Crippen LogP contribution is -2.50. The minimum Gasteiger partial charge on any atom is -0.349 e.